The molecule has 2 fully saturated rings. The maximum atomic E-state index is 5.63. The average Bonchev–Trinajstić information content (AvgIpc) is 2.89. The molecule has 2 rings (SSSR count). The summed E-state index contributed by atoms with van der Waals surface area (Å²) in [6.45, 7) is 12.7. The Morgan fingerprint density at radius 1 is 1.29 bits per heavy atom. The van der Waals surface area contributed by atoms with Crippen molar-refractivity contribution in [1.29, 1.82) is 0 Å². The Morgan fingerprint density at radius 3 is 2.52 bits per heavy atom. The molecule has 1 spiro atoms. The molecular formula is C18H36N2O. The number of methoxy groups -OCH3 is 1. The van der Waals surface area contributed by atoms with E-state index in [2.05, 4.69) is 37.9 Å². The van der Waals surface area contributed by atoms with Gasteiger partial charge in [0.05, 0.1) is 5.60 Å². The SMILES string of the molecule is COC(C)(C)CCN1CC(CC(C)C)NCC12CCCC2. The van der Waals surface area contributed by atoms with Gasteiger partial charge in [-0.05, 0) is 45.4 Å². The van der Waals surface area contributed by atoms with Crippen LogP contribution < -0.4 is 5.32 Å². The Hall–Kier alpha value is -0.120. The summed E-state index contributed by atoms with van der Waals surface area (Å²) in [4.78, 5) is 2.81. The van der Waals surface area contributed by atoms with Crippen molar-refractivity contribution in [2.75, 3.05) is 26.7 Å². The minimum atomic E-state index is -0.00177. The van der Waals surface area contributed by atoms with Gasteiger partial charge in [0.2, 0.25) is 0 Å². The van der Waals surface area contributed by atoms with Crippen LogP contribution in [-0.4, -0.2) is 48.8 Å². The third-order valence-corrected chi connectivity index (χ3v) is 5.66. The molecular weight excluding hydrogens is 260 g/mol. The van der Waals surface area contributed by atoms with Crippen LogP contribution in [0.15, 0.2) is 0 Å². The molecule has 3 nitrogen and oxygen atoms in total. The molecule has 2 aliphatic rings. The van der Waals surface area contributed by atoms with E-state index in [1.165, 1.54) is 51.7 Å². The summed E-state index contributed by atoms with van der Waals surface area (Å²) in [6, 6.07) is 0.668. The Bertz CT molecular complexity index is 321. The van der Waals surface area contributed by atoms with Gasteiger partial charge in [0.1, 0.15) is 0 Å². The molecule has 0 amide bonds. The predicted molar refractivity (Wildman–Crippen MR) is 89.7 cm³/mol. The summed E-state index contributed by atoms with van der Waals surface area (Å²) in [5, 5.41) is 3.85. The number of rotatable bonds is 6. The zero-order valence-corrected chi connectivity index (χ0v) is 14.9. The van der Waals surface area contributed by atoms with Gasteiger partial charge in [0, 0.05) is 38.3 Å². The normalized spacial score (nSPS) is 26.9. The first-order chi connectivity index (χ1) is 9.87. The molecule has 0 aromatic rings. The molecule has 1 aliphatic heterocycles. The molecule has 1 aliphatic carbocycles. The summed E-state index contributed by atoms with van der Waals surface area (Å²) >= 11 is 0. The van der Waals surface area contributed by atoms with Crippen molar-refractivity contribution in [3.63, 3.8) is 0 Å². The minimum Gasteiger partial charge on any atom is -0.379 e. The molecule has 1 N–H and O–H groups in total. The first-order valence-electron chi connectivity index (χ1n) is 8.90. The van der Waals surface area contributed by atoms with Gasteiger partial charge >= 0.3 is 0 Å². The second kappa shape index (κ2) is 6.97. The van der Waals surface area contributed by atoms with Crippen LogP contribution in [0.25, 0.3) is 0 Å². The molecule has 0 radical (unpaired) electrons. The topological polar surface area (TPSA) is 24.5 Å². The lowest BCUT2D eigenvalue weighted by molar-refractivity contribution is -0.0184. The van der Waals surface area contributed by atoms with E-state index < -0.39 is 0 Å². The minimum absolute atomic E-state index is 0.00177. The van der Waals surface area contributed by atoms with Crippen LogP contribution in [-0.2, 0) is 4.74 Å². The van der Waals surface area contributed by atoms with Gasteiger partial charge in [-0.2, -0.15) is 0 Å². The number of hydrogen-bond donors (Lipinski definition) is 1. The van der Waals surface area contributed by atoms with Gasteiger partial charge in [-0.3, -0.25) is 4.90 Å². The first-order valence-corrected chi connectivity index (χ1v) is 8.90. The monoisotopic (exact) mass is 296 g/mol. The lowest BCUT2D eigenvalue weighted by atomic mass is 9.88. The van der Waals surface area contributed by atoms with E-state index in [-0.39, 0.29) is 5.60 Å². The van der Waals surface area contributed by atoms with Crippen molar-refractivity contribution in [2.45, 2.75) is 83.4 Å². The third kappa shape index (κ3) is 4.43. The maximum Gasteiger partial charge on any atom is 0.0634 e. The molecule has 1 saturated heterocycles. The number of piperazine rings is 1. The molecule has 1 saturated carbocycles. The summed E-state index contributed by atoms with van der Waals surface area (Å²) in [5.41, 5.74) is 0.440. The zero-order valence-electron chi connectivity index (χ0n) is 14.9. The van der Waals surface area contributed by atoms with Gasteiger partial charge in [0.25, 0.3) is 0 Å². The zero-order chi connectivity index (χ0) is 15.5. The Balaban J connectivity index is 1.99. The average molecular weight is 296 g/mol. The molecule has 21 heavy (non-hydrogen) atoms. The van der Waals surface area contributed by atoms with Crippen LogP contribution >= 0.6 is 0 Å². The van der Waals surface area contributed by atoms with Crippen LogP contribution in [0.3, 0.4) is 0 Å². The Labute approximate surface area is 131 Å². The van der Waals surface area contributed by atoms with E-state index in [1.54, 1.807) is 0 Å². The van der Waals surface area contributed by atoms with E-state index in [1.807, 2.05) is 7.11 Å². The van der Waals surface area contributed by atoms with Crippen LogP contribution in [0.2, 0.25) is 0 Å². The summed E-state index contributed by atoms with van der Waals surface area (Å²) in [7, 11) is 1.84. The van der Waals surface area contributed by atoms with Crippen molar-refractivity contribution >= 4 is 0 Å². The largest absolute Gasteiger partial charge is 0.379 e. The smallest absolute Gasteiger partial charge is 0.0634 e. The van der Waals surface area contributed by atoms with E-state index in [9.17, 15) is 0 Å². The number of hydrogen-bond acceptors (Lipinski definition) is 3. The van der Waals surface area contributed by atoms with Gasteiger partial charge in [0.15, 0.2) is 0 Å². The highest BCUT2D eigenvalue weighted by molar-refractivity contribution is 5.02. The van der Waals surface area contributed by atoms with Crippen molar-refractivity contribution in [3.05, 3.63) is 0 Å². The third-order valence-electron chi connectivity index (χ3n) is 5.66. The van der Waals surface area contributed by atoms with Crippen LogP contribution in [0.5, 0.6) is 0 Å². The van der Waals surface area contributed by atoms with Crippen LogP contribution in [0.4, 0.5) is 0 Å². The standard InChI is InChI=1S/C18H36N2O/c1-15(2)12-16-13-20(11-10-17(3,4)21-5)18(14-19-16)8-6-7-9-18/h15-16,19H,6-14H2,1-5H3. The fourth-order valence-corrected chi connectivity index (χ4v) is 4.06. The Morgan fingerprint density at radius 2 is 1.95 bits per heavy atom. The van der Waals surface area contributed by atoms with Crippen molar-refractivity contribution < 1.29 is 4.74 Å². The number of ether oxygens (including phenoxy) is 1. The highest BCUT2D eigenvalue weighted by Crippen LogP contribution is 2.38. The quantitative estimate of drug-likeness (QED) is 0.812. The highest BCUT2D eigenvalue weighted by atomic mass is 16.5. The van der Waals surface area contributed by atoms with E-state index in [0.29, 0.717) is 11.6 Å². The van der Waals surface area contributed by atoms with E-state index >= 15 is 0 Å². The van der Waals surface area contributed by atoms with Crippen molar-refractivity contribution in [2.24, 2.45) is 5.92 Å². The predicted octanol–water partition coefficient (Wildman–Crippen LogP) is 3.43. The van der Waals surface area contributed by atoms with Gasteiger partial charge in [-0.15, -0.1) is 0 Å². The second-order valence-electron chi connectivity index (χ2n) is 8.30. The molecule has 0 aromatic heterocycles. The summed E-state index contributed by atoms with van der Waals surface area (Å²) in [5.74, 6) is 0.775. The fraction of sp³-hybridized carbons (Fsp3) is 1.00. The number of nitrogens with zero attached hydrogens (tertiary/aromatic N) is 1. The molecule has 1 heterocycles. The van der Waals surface area contributed by atoms with E-state index in [0.717, 1.165) is 12.3 Å². The van der Waals surface area contributed by atoms with Crippen molar-refractivity contribution in [1.82, 2.24) is 10.2 Å². The first kappa shape index (κ1) is 17.2. The van der Waals surface area contributed by atoms with Gasteiger partial charge in [-0.25, -0.2) is 0 Å². The second-order valence-corrected chi connectivity index (χ2v) is 8.30. The summed E-state index contributed by atoms with van der Waals surface area (Å²) in [6.07, 6.45) is 7.98. The molecule has 1 unspecified atom stereocenters. The maximum absolute atomic E-state index is 5.63. The van der Waals surface area contributed by atoms with E-state index in [4.69, 9.17) is 4.74 Å². The van der Waals surface area contributed by atoms with Crippen LogP contribution in [0, 0.1) is 5.92 Å². The van der Waals surface area contributed by atoms with Gasteiger partial charge in [-0.1, -0.05) is 26.7 Å². The summed E-state index contributed by atoms with van der Waals surface area (Å²) < 4.78 is 5.63. The van der Waals surface area contributed by atoms with Crippen LogP contribution in [0.1, 0.15) is 66.2 Å². The molecule has 0 bridgehead atoms. The van der Waals surface area contributed by atoms with Crippen molar-refractivity contribution in [3.8, 4) is 0 Å². The molecule has 1 atom stereocenters. The lowest BCUT2D eigenvalue weighted by Crippen LogP contribution is -2.64. The van der Waals surface area contributed by atoms with Gasteiger partial charge < -0.3 is 10.1 Å². The molecule has 124 valence electrons. The molecule has 0 aromatic carbocycles. The molecule has 3 heteroatoms. The fourth-order valence-electron chi connectivity index (χ4n) is 4.06. The Kier molecular flexibility index (Phi) is 5.72. The number of nitrogens with one attached hydrogen (secondary N) is 1. The lowest BCUT2D eigenvalue weighted by Gasteiger charge is -2.49. The highest BCUT2D eigenvalue weighted by Gasteiger charge is 2.43.